The largest absolute Gasteiger partial charge is 0.0702 e. The van der Waals surface area contributed by atoms with Gasteiger partial charge in [-0.2, -0.15) is 0 Å². The third-order valence-corrected chi connectivity index (χ3v) is 2.28. The fourth-order valence-electron chi connectivity index (χ4n) is 1.43. The zero-order valence-corrected chi connectivity index (χ0v) is 9.18. The monoisotopic (exact) mass is 179 g/mol. The molecule has 75 valence electrons. The van der Waals surface area contributed by atoms with Crippen LogP contribution in [-0.2, 0) is 0 Å². The highest BCUT2D eigenvalue weighted by Gasteiger charge is 1.95. The van der Waals surface area contributed by atoms with Crippen LogP contribution in [0.3, 0.4) is 0 Å². The summed E-state index contributed by atoms with van der Waals surface area (Å²) < 4.78 is 0. The SMILES string of the molecule is [CH]=C/C=C(/CCCC)CCCCC. The van der Waals surface area contributed by atoms with Gasteiger partial charge in [0.05, 0.1) is 0 Å². The fraction of sp³-hybridized carbons (Fsp3) is 0.692. The van der Waals surface area contributed by atoms with Crippen molar-refractivity contribution >= 4 is 0 Å². The van der Waals surface area contributed by atoms with Gasteiger partial charge in [-0.15, -0.1) is 0 Å². The van der Waals surface area contributed by atoms with Gasteiger partial charge >= 0.3 is 0 Å². The molecule has 0 aromatic heterocycles. The van der Waals surface area contributed by atoms with Crippen molar-refractivity contribution in [2.75, 3.05) is 0 Å². The first-order valence-corrected chi connectivity index (χ1v) is 5.58. The van der Waals surface area contributed by atoms with E-state index in [-0.39, 0.29) is 0 Å². The molecule has 0 nitrogen and oxygen atoms in total. The second-order valence-electron chi connectivity index (χ2n) is 3.58. The molecular weight excluding hydrogens is 156 g/mol. The third kappa shape index (κ3) is 7.83. The molecule has 0 bridgehead atoms. The quantitative estimate of drug-likeness (QED) is 0.375. The van der Waals surface area contributed by atoms with Gasteiger partial charge in [-0.05, 0) is 25.7 Å². The topological polar surface area (TPSA) is 0 Å². The van der Waals surface area contributed by atoms with E-state index in [0.717, 1.165) is 0 Å². The summed E-state index contributed by atoms with van der Waals surface area (Å²) in [6.45, 7) is 9.88. The Morgan fingerprint density at radius 3 is 2.15 bits per heavy atom. The summed E-state index contributed by atoms with van der Waals surface area (Å²) >= 11 is 0. The van der Waals surface area contributed by atoms with E-state index in [0.29, 0.717) is 0 Å². The lowest BCUT2D eigenvalue weighted by molar-refractivity contribution is 0.678. The van der Waals surface area contributed by atoms with Crippen LogP contribution in [-0.4, -0.2) is 0 Å². The molecule has 13 heavy (non-hydrogen) atoms. The fourth-order valence-corrected chi connectivity index (χ4v) is 1.43. The highest BCUT2D eigenvalue weighted by atomic mass is 14.0. The molecule has 0 atom stereocenters. The minimum absolute atomic E-state index is 1.23. The molecular formula is C13H23. The number of hydrogen-bond acceptors (Lipinski definition) is 0. The van der Waals surface area contributed by atoms with Crippen LogP contribution in [0.4, 0.5) is 0 Å². The first kappa shape index (κ1) is 12.5. The van der Waals surface area contributed by atoms with E-state index < -0.39 is 0 Å². The van der Waals surface area contributed by atoms with Gasteiger partial charge in [0.15, 0.2) is 0 Å². The Bertz CT molecular complexity index is 142. The Kier molecular flexibility index (Phi) is 9.18. The Hall–Kier alpha value is -0.520. The van der Waals surface area contributed by atoms with E-state index >= 15 is 0 Å². The summed E-state index contributed by atoms with van der Waals surface area (Å²) in [4.78, 5) is 0. The first-order valence-electron chi connectivity index (χ1n) is 5.58. The Morgan fingerprint density at radius 1 is 1.00 bits per heavy atom. The van der Waals surface area contributed by atoms with E-state index in [9.17, 15) is 0 Å². The highest BCUT2D eigenvalue weighted by molar-refractivity contribution is 5.09. The average molecular weight is 179 g/mol. The molecule has 1 radical (unpaired) electrons. The Labute approximate surface area is 83.7 Å². The number of rotatable bonds is 8. The van der Waals surface area contributed by atoms with Crippen molar-refractivity contribution in [3.63, 3.8) is 0 Å². The molecule has 0 heteroatoms. The minimum atomic E-state index is 1.23. The minimum Gasteiger partial charge on any atom is -0.0702 e. The van der Waals surface area contributed by atoms with E-state index in [4.69, 9.17) is 6.58 Å². The Balaban J connectivity index is 3.67. The average Bonchev–Trinajstić information content (AvgIpc) is 2.14. The lowest BCUT2D eigenvalue weighted by atomic mass is 10.0. The second-order valence-corrected chi connectivity index (χ2v) is 3.58. The first-order chi connectivity index (χ1) is 6.35. The number of hydrogen-bond donors (Lipinski definition) is 0. The number of unbranched alkanes of at least 4 members (excludes halogenated alkanes) is 3. The Morgan fingerprint density at radius 2 is 1.62 bits per heavy atom. The van der Waals surface area contributed by atoms with Crippen LogP contribution < -0.4 is 0 Å². The predicted octanol–water partition coefficient (Wildman–Crippen LogP) is 4.67. The molecule has 0 aliphatic heterocycles. The molecule has 0 aliphatic rings. The van der Waals surface area contributed by atoms with Gasteiger partial charge in [-0.3, -0.25) is 0 Å². The predicted molar refractivity (Wildman–Crippen MR) is 60.6 cm³/mol. The standard InChI is InChI=1S/C13H23/c1-4-7-9-12-13(10-6-3)11-8-5-2/h3,6,10H,4-5,7-9,11-12H2,1-2H3/b6-3?,13-10-. The molecule has 0 unspecified atom stereocenters. The molecule has 0 fully saturated rings. The van der Waals surface area contributed by atoms with Gasteiger partial charge < -0.3 is 0 Å². The summed E-state index contributed by atoms with van der Waals surface area (Å²) in [7, 11) is 0. The second kappa shape index (κ2) is 9.57. The highest BCUT2D eigenvalue weighted by Crippen LogP contribution is 2.15. The van der Waals surface area contributed by atoms with Crippen LogP contribution in [0.2, 0.25) is 0 Å². The van der Waals surface area contributed by atoms with Gasteiger partial charge in [0.2, 0.25) is 0 Å². The smallest absolute Gasteiger partial charge is 0.0317 e. The summed E-state index contributed by atoms with van der Waals surface area (Å²) in [6.07, 6.45) is 12.8. The van der Waals surface area contributed by atoms with Crippen molar-refractivity contribution in [1.29, 1.82) is 0 Å². The van der Waals surface area contributed by atoms with E-state index in [1.807, 2.05) is 0 Å². The van der Waals surface area contributed by atoms with E-state index in [1.165, 1.54) is 50.5 Å². The normalized spacial score (nSPS) is 11.7. The maximum absolute atomic E-state index is 5.40. The lowest BCUT2D eigenvalue weighted by Gasteiger charge is -2.05. The van der Waals surface area contributed by atoms with Crippen molar-refractivity contribution in [1.82, 2.24) is 0 Å². The van der Waals surface area contributed by atoms with Gasteiger partial charge in [-0.25, -0.2) is 0 Å². The summed E-state index contributed by atoms with van der Waals surface area (Å²) in [5.74, 6) is 0. The van der Waals surface area contributed by atoms with Crippen LogP contribution in [0.15, 0.2) is 17.7 Å². The van der Waals surface area contributed by atoms with Gasteiger partial charge in [0.1, 0.15) is 0 Å². The molecule has 0 aromatic rings. The molecule has 0 spiro atoms. The van der Waals surface area contributed by atoms with Crippen LogP contribution in [0.5, 0.6) is 0 Å². The van der Waals surface area contributed by atoms with Gasteiger partial charge in [0.25, 0.3) is 0 Å². The van der Waals surface area contributed by atoms with Crippen molar-refractivity contribution in [2.45, 2.75) is 58.8 Å². The van der Waals surface area contributed by atoms with E-state index in [2.05, 4.69) is 19.9 Å². The van der Waals surface area contributed by atoms with E-state index in [1.54, 1.807) is 6.08 Å². The molecule has 0 aliphatic carbocycles. The molecule has 0 aromatic carbocycles. The summed E-state index contributed by atoms with van der Waals surface area (Å²) in [5, 5.41) is 0. The maximum atomic E-state index is 5.40. The molecule has 0 heterocycles. The molecule has 0 saturated carbocycles. The molecule has 0 amide bonds. The van der Waals surface area contributed by atoms with Crippen LogP contribution in [0.1, 0.15) is 58.8 Å². The summed E-state index contributed by atoms with van der Waals surface area (Å²) in [5.41, 5.74) is 1.53. The van der Waals surface area contributed by atoms with Crippen LogP contribution in [0.25, 0.3) is 0 Å². The summed E-state index contributed by atoms with van der Waals surface area (Å²) in [6, 6.07) is 0. The van der Waals surface area contributed by atoms with Crippen LogP contribution >= 0.6 is 0 Å². The number of allylic oxidation sites excluding steroid dienone is 3. The molecule has 0 saturated heterocycles. The molecule has 0 N–H and O–H groups in total. The van der Waals surface area contributed by atoms with Crippen molar-refractivity contribution in [3.05, 3.63) is 24.3 Å². The van der Waals surface area contributed by atoms with Gasteiger partial charge in [0, 0.05) is 0 Å². The lowest BCUT2D eigenvalue weighted by Crippen LogP contribution is -1.85. The molecule has 0 rings (SSSR count). The van der Waals surface area contributed by atoms with Crippen molar-refractivity contribution < 1.29 is 0 Å². The van der Waals surface area contributed by atoms with Crippen LogP contribution in [0, 0.1) is 6.58 Å². The zero-order valence-electron chi connectivity index (χ0n) is 9.18. The van der Waals surface area contributed by atoms with Crippen molar-refractivity contribution in [3.8, 4) is 0 Å². The third-order valence-electron chi connectivity index (χ3n) is 2.28. The maximum Gasteiger partial charge on any atom is -0.0317 e. The van der Waals surface area contributed by atoms with Gasteiger partial charge in [-0.1, -0.05) is 57.4 Å². The van der Waals surface area contributed by atoms with Crippen molar-refractivity contribution in [2.24, 2.45) is 0 Å². The zero-order chi connectivity index (χ0) is 9.94.